The molecule has 3 heteroatoms. The van der Waals surface area contributed by atoms with E-state index in [4.69, 9.17) is 0 Å². The van der Waals surface area contributed by atoms with Gasteiger partial charge in [0, 0.05) is 15.2 Å². The standard InChI is InChI=1S/C17H22BrNS/c1-2-9-19-16(10-12-5-3-6-12)14-11-20-17-13(14)7-4-8-15(17)18/h4,7-8,11-12,16,19H,2-3,5-6,9-10H2,1H3. The van der Waals surface area contributed by atoms with E-state index in [2.05, 4.69) is 51.7 Å². The van der Waals surface area contributed by atoms with E-state index in [1.54, 1.807) is 0 Å². The topological polar surface area (TPSA) is 12.0 Å². The molecular weight excluding hydrogens is 330 g/mol. The van der Waals surface area contributed by atoms with Gasteiger partial charge in [0.15, 0.2) is 0 Å². The Morgan fingerprint density at radius 1 is 1.40 bits per heavy atom. The smallest absolute Gasteiger partial charge is 0.0488 e. The van der Waals surface area contributed by atoms with Gasteiger partial charge in [-0.15, -0.1) is 11.3 Å². The molecule has 0 spiro atoms. The van der Waals surface area contributed by atoms with Crippen LogP contribution in [-0.4, -0.2) is 6.54 Å². The third-order valence-corrected chi connectivity index (χ3v) is 6.36. The van der Waals surface area contributed by atoms with Crippen LogP contribution in [-0.2, 0) is 0 Å². The van der Waals surface area contributed by atoms with Crippen molar-refractivity contribution in [2.45, 2.75) is 45.1 Å². The van der Waals surface area contributed by atoms with Crippen LogP contribution >= 0.6 is 27.3 Å². The van der Waals surface area contributed by atoms with Gasteiger partial charge >= 0.3 is 0 Å². The monoisotopic (exact) mass is 351 g/mol. The van der Waals surface area contributed by atoms with Gasteiger partial charge in [0.25, 0.3) is 0 Å². The van der Waals surface area contributed by atoms with Crippen molar-refractivity contribution >= 4 is 37.4 Å². The highest BCUT2D eigenvalue weighted by Gasteiger charge is 2.24. The molecule has 0 amide bonds. The van der Waals surface area contributed by atoms with Gasteiger partial charge in [0.1, 0.15) is 0 Å². The minimum atomic E-state index is 0.531. The van der Waals surface area contributed by atoms with Gasteiger partial charge in [-0.2, -0.15) is 0 Å². The lowest BCUT2D eigenvalue weighted by molar-refractivity contribution is 0.262. The predicted molar refractivity (Wildman–Crippen MR) is 92.5 cm³/mol. The third kappa shape index (κ3) is 2.95. The van der Waals surface area contributed by atoms with E-state index in [9.17, 15) is 0 Å². The van der Waals surface area contributed by atoms with Crippen LogP contribution in [0.25, 0.3) is 10.1 Å². The van der Waals surface area contributed by atoms with E-state index in [1.165, 1.54) is 52.2 Å². The second kappa shape index (κ2) is 6.59. The highest BCUT2D eigenvalue weighted by Crippen LogP contribution is 2.40. The van der Waals surface area contributed by atoms with Crippen LogP contribution < -0.4 is 5.32 Å². The molecule has 1 aliphatic rings. The molecule has 1 atom stereocenters. The molecule has 3 rings (SSSR count). The van der Waals surface area contributed by atoms with Gasteiger partial charge in [-0.1, -0.05) is 38.3 Å². The summed E-state index contributed by atoms with van der Waals surface area (Å²) in [5.74, 6) is 0.937. The first-order valence-electron chi connectivity index (χ1n) is 7.68. The molecule has 0 radical (unpaired) electrons. The summed E-state index contributed by atoms with van der Waals surface area (Å²) in [7, 11) is 0. The Morgan fingerprint density at radius 3 is 2.95 bits per heavy atom. The minimum absolute atomic E-state index is 0.531. The summed E-state index contributed by atoms with van der Waals surface area (Å²) in [5, 5.41) is 7.56. The number of hydrogen-bond donors (Lipinski definition) is 1. The number of halogens is 1. The first-order valence-corrected chi connectivity index (χ1v) is 9.36. The molecule has 1 nitrogen and oxygen atoms in total. The average molecular weight is 352 g/mol. The molecule has 1 aliphatic carbocycles. The Hall–Kier alpha value is -0.380. The van der Waals surface area contributed by atoms with Gasteiger partial charge in [0.05, 0.1) is 0 Å². The first kappa shape index (κ1) is 14.6. The number of fused-ring (bicyclic) bond motifs is 1. The molecule has 0 aliphatic heterocycles. The van der Waals surface area contributed by atoms with Crippen LogP contribution in [0.3, 0.4) is 0 Å². The van der Waals surface area contributed by atoms with Crippen LogP contribution in [0.15, 0.2) is 28.1 Å². The van der Waals surface area contributed by atoms with E-state index in [1.807, 2.05) is 11.3 Å². The lowest BCUT2D eigenvalue weighted by atomic mass is 9.79. The van der Waals surface area contributed by atoms with Crippen molar-refractivity contribution in [3.05, 3.63) is 33.6 Å². The highest BCUT2D eigenvalue weighted by atomic mass is 79.9. The lowest BCUT2D eigenvalue weighted by Gasteiger charge is -2.30. The van der Waals surface area contributed by atoms with Gasteiger partial charge in [-0.05, 0) is 63.6 Å². The number of hydrogen-bond acceptors (Lipinski definition) is 2. The zero-order valence-electron chi connectivity index (χ0n) is 12.0. The van der Waals surface area contributed by atoms with Crippen LogP contribution in [0.1, 0.15) is 50.6 Å². The van der Waals surface area contributed by atoms with E-state index in [0.29, 0.717) is 6.04 Å². The Labute approximate surface area is 133 Å². The molecule has 1 saturated carbocycles. The van der Waals surface area contributed by atoms with Gasteiger partial charge in [-0.25, -0.2) is 0 Å². The Morgan fingerprint density at radius 2 is 2.25 bits per heavy atom. The predicted octanol–water partition coefficient (Wildman–Crippen LogP) is 5.89. The van der Waals surface area contributed by atoms with Gasteiger partial charge < -0.3 is 5.32 Å². The van der Waals surface area contributed by atoms with Crippen molar-refractivity contribution in [3.63, 3.8) is 0 Å². The highest BCUT2D eigenvalue weighted by molar-refractivity contribution is 9.10. The van der Waals surface area contributed by atoms with E-state index < -0.39 is 0 Å². The fourth-order valence-corrected chi connectivity index (χ4v) is 4.69. The molecule has 0 saturated heterocycles. The van der Waals surface area contributed by atoms with Crippen LogP contribution in [0, 0.1) is 5.92 Å². The number of thiophene rings is 1. The van der Waals surface area contributed by atoms with Gasteiger partial charge in [0.2, 0.25) is 0 Å². The van der Waals surface area contributed by atoms with Crippen molar-refractivity contribution in [3.8, 4) is 0 Å². The molecule has 1 heterocycles. The molecule has 1 unspecified atom stereocenters. The minimum Gasteiger partial charge on any atom is -0.310 e. The maximum atomic E-state index is 3.77. The molecular formula is C17H22BrNS. The van der Waals surface area contributed by atoms with E-state index in [0.717, 1.165) is 12.5 Å². The lowest BCUT2D eigenvalue weighted by Crippen LogP contribution is -2.26. The summed E-state index contributed by atoms with van der Waals surface area (Å²) >= 11 is 5.55. The fraction of sp³-hybridized carbons (Fsp3) is 0.529. The molecule has 108 valence electrons. The summed E-state index contributed by atoms with van der Waals surface area (Å²) in [4.78, 5) is 0. The van der Waals surface area contributed by atoms with Crippen LogP contribution in [0.2, 0.25) is 0 Å². The van der Waals surface area contributed by atoms with Crippen molar-refractivity contribution in [1.29, 1.82) is 0 Å². The third-order valence-electron chi connectivity index (χ3n) is 4.39. The molecule has 1 N–H and O–H groups in total. The molecule has 1 aromatic heterocycles. The molecule has 0 bridgehead atoms. The van der Waals surface area contributed by atoms with Gasteiger partial charge in [-0.3, -0.25) is 0 Å². The Balaban J connectivity index is 1.88. The average Bonchev–Trinajstić information content (AvgIpc) is 2.82. The number of nitrogens with one attached hydrogen (secondary N) is 1. The first-order chi connectivity index (χ1) is 9.79. The number of rotatable bonds is 6. The fourth-order valence-electron chi connectivity index (χ4n) is 3.01. The van der Waals surface area contributed by atoms with Crippen molar-refractivity contribution in [2.75, 3.05) is 6.54 Å². The Kier molecular flexibility index (Phi) is 4.79. The van der Waals surface area contributed by atoms with Crippen molar-refractivity contribution in [2.24, 2.45) is 5.92 Å². The molecule has 1 fully saturated rings. The molecule has 20 heavy (non-hydrogen) atoms. The number of benzene rings is 1. The zero-order chi connectivity index (χ0) is 13.9. The normalized spacial score (nSPS) is 17.3. The van der Waals surface area contributed by atoms with E-state index >= 15 is 0 Å². The second-order valence-corrected chi connectivity index (χ2v) is 7.58. The van der Waals surface area contributed by atoms with Crippen LogP contribution in [0.4, 0.5) is 0 Å². The van der Waals surface area contributed by atoms with Crippen LogP contribution in [0.5, 0.6) is 0 Å². The molecule has 1 aromatic carbocycles. The van der Waals surface area contributed by atoms with Crippen molar-refractivity contribution in [1.82, 2.24) is 5.32 Å². The molecule has 2 aromatic rings. The second-order valence-electron chi connectivity index (χ2n) is 5.85. The summed E-state index contributed by atoms with van der Waals surface area (Å²) < 4.78 is 2.61. The summed E-state index contributed by atoms with van der Waals surface area (Å²) in [5.41, 5.74) is 1.51. The summed E-state index contributed by atoms with van der Waals surface area (Å²) in [6.45, 7) is 3.36. The quantitative estimate of drug-likeness (QED) is 0.683. The Bertz CT molecular complexity index is 573. The summed E-state index contributed by atoms with van der Waals surface area (Å²) in [6, 6.07) is 7.10. The largest absolute Gasteiger partial charge is 0.310 e. The summed E-state index contributed by atoms with van der Waals surface area (Å²) in [6.07, 6.45) is 6.79. The van der Waals surface area contributed by atoms with E-state index in [-0.39, 0.29) is 0 Å². The maximum absolute atomic E-state index is 3.77. The zero-order valence-corrected chi connectivity index (χ0v) is 14.4. The van der Waals surface area contributed by atoms with Crippen molar-refractivity contribution < 1.29 is 0 Å². The SMILES string of the molecule is CCCNC(CC1CCC1)c1csc2c(Br)cccc12. The maximum Gasteiger partial charge on any atom is 0.0488 e.